The molecule has 0 unspecified atom stereocenters. The molecular formula is C20H18N2O2. The second-order valence-corrected chi connectivity index (χ2v) is 5.45. The minimum absolute atomic E-state index is 0.0504. The quantitative estimate of drug-likeness (QED) is 0.771. The van der Waals surface area contributed by atoms with Crippen molar-refractivity contribution >= 4 is 11.7 Å². The van der Waals surface area contributed by atoms with Crippen LogP contribution in [0.3, 0.4) is 0 Å². The monoisotopic (exact) mass is 318 g/mol. The van der Waals surface area contributed by atoms with E-state index in [4.69, 9.17) is 4.74 Å². The summed E-state index contributed by atoms with van der Waals surface area (Å²) < 4.78 is 5.45. The Kier molecular flexibility index (Phi) is 4.87. The topological polar surface area (TPSA) is 51.2 Å². The van der Waals surface area contributed by atoms with E-state index in [1.165, 1.54) is 0 Å². The number of ether oxygens (including phenoxy) is 1. The fourth-order valence-corrected chi connectivity index (χ4v) is 2.23. The minimum atomic E-state index is -0.240. The highest BCUT2D eigenvalue weighted by Crippen LogP contribution is 2.19. The molecule has 0 atom stereocenters. The summed E-state index contributed by atoms with van der Waals surface area (Å²) in [6.45, 7) is 1.95. The van der Waals surface area contributed by atoms with E-state index in [0.717, 1.165) is 16.7 Å². The summed E-state index contributed by atoms with van der Waals surface area (Å²) in [6.07, 6.45) is 1.74. The predicted molar refractivity (Wildman–Crippen MR) is 95.0 cm³/mol. The van der Waals surface area contributed by atoms with Crippen LogP contribution >= 0.6 is 0 Å². The molecule has 0 saturated heterocycles. The van der Waals surface area contributed by atoms with E-state index in [9.17, 15) is 4.79 Å². The first-order chi connectivity index (χ1) is 11.7. The first-order valence-corrected chi connectivity index (χ1v) is 7.71. The summed E-state index contributed by atoms with van der Waals surface area (Å²) in [6, 6.07) is 21.2. The molecular weight excluding hydrogens is 300 g/mol. The molecule has 0 aliphatic carbocycles. The third-order valence-electron chi connectivity index (χ3n) is 3.53. The highest BCUT2D eigenvalue weighted by molar-refractivity contribution is 5.91. The molecule has 2 aromatic carbocycles. The van der Waals surface area contributed by atoms with Gasteiger partial charge < -0.3 is 10.1 Å². The van der Waals surface area contributed by atoms with Crippen LogP contribution in [0.2, 0.25) is 0 Å². The number of aromatic nitrogens is 1. The summed E-state index contributed by atoms with van der Waals surface area (Å²) in [4.78, 5) is 16.2. The standard InChI is InChI=1S/C20H18N2O2/c1-15-7-10-18(11-8-15)24-14-20(23)22-19-12-9-17(13-21-19)16-5-3-2-4-6-16/h2-13H,14H2,1H3,(H,21,22,23). The number of benzene rings is 2. The van der Waals surface area contributed by atoms with Gasteiger partial charge in [0, 0.05) is 11.8 Å². The van der Waals surface area contributed by atoms with E-state index in [1.54, 1.807) is 12.3 Å². The number of amides is 1. The van der Waals surface area contributed by atoms with Crippen molar-refractivity contribution in [2.75, 3.05) is 11.9 Å². The second-order valence-electron chi connectivity index (χ2n) is 5.45. The summed E-state index contributed by atoms with van der Waals surface area (Å²) in [7, 11) is 0. The maximum atomic E-state index is 11.9. The second kappa shape index (κ2) is 7.42. The molecule has 0 saturated carbocycles. The Morgan fingerprint density at radius 2 is 1.71 bits per heavy atom. The number of hydrogen-bond acceptors (Lipinski definition) is 3. The van der Waals surface area contributed by atoms with Gasteiger partial charge in [0.15, 0.2) is 6.61 Å². The molecule has 1 amide bonds. The minimum Gasteiger partial charge on any atom is -0.484 e. The van der Waals surface area contributed by atoms with Crippen LogP contribution in [0, 0.1) is 6.92 Å². The molecule has 0 bridgehead atoms. The highest BCUT2D eigenvalue weighted by Gasteiger charge is 2.05. The molecule has 3 rings (SSSR count). The van der Waals surface area contributed by atoms with Crippen LogP contribution in [0.25, 0.3) is 11.1 Å². The Labute approximate surface area is 141 Å². The van der Waals surface area contributed by atoms with Gasteiger partial charge in [-0.25, -0.2) is 4.98 Å². The van der Waals surface area contributed by atoms with Crippen molar-refractivity contribution in [3.8, 4) is 16.9 Å². The van der Waals surface area contributed by atoms with Crippen molar-refractivity contribution in [3.05, 3.63) is 78.5 Å². The number of aryl methyl sites for hydroxylation is 1. The first-order valence-electron chi connectivity index (χ1n) is 7.71. The zero-order chi connectivity index (χ0) is 16.8. The summed E-state index contributed by atoms with van der Waals surface area (Å²) >= 11 is 0. The van der Waals surface area contributed by atoms with Crippen molar-refractivity contribution < 1.29 is 9.53 Å². The van der Waals surface area contributed by atoms with Crippen molar-refractivity contribution in [1.82, 2.24) is 4.98 Å². The molecule has 0 aliphatic rings. The van der Waals surface area contributed by atoms with Gasteiger partial charge in [0.25, 0.3) is 5.91 Å². The van der Waals surface area contributed by atoms with Gasteiger partial charge in [-0.3, -0.25) is 4.79 Å². The van der Waals surface area contributed by atoms with Crippen molar-refractivity contribution in [3.63, 3.8) is 0 Å². The molecule has 1 aromatic heterocycles. The average molecular weight is 318 g/mol. The number of nitrogens with one attached hydrogen (secondary N) is 1. The lowest BCUT2D eigenvalue weighted by Gasteiger charge is -2.08. The SMILES string of the molecule is Cc1ccc(OCC(=O)Nc2ccc(-c3ccccc3)cn2)cc1. The lowest BCUT2D eigenvalue weighted by atomic mass is 10.1. The molecule has 0 aliphatic heterocycles. The lowest BCUT2D eigenvalue weighted by molar-refractivity contribution is -0.118. The van der Waals surface area contributed by atoms with Gasteiger partial charge >= 0.3 is 0 Å². The molecule has 1 heterocycles. The smallest absolute Gasteiger partial charge is 0.263 e. The summed E-state index contributed by atoms with van der Waals surface area (Å²) in [5, 5.41) is 2.73. The Morgan fingerprint density at radius 3 is 2.38 bits per heavy atom. The number of hydrogen-bond donors (Lipinski definition) is 1. The zero-order valence-corrected chi connectivity index (χ0v) is 13.4. The van der Waals surface area contributed by atoms with Crippen LogP contribution in [0.1, 0.15) is 5.56 Å². The van der Waals surface area contributed by atoms with E-state index >= 15 is 0 Å². The van der Waals surface area contributed by atoms with Gasteiger partial charge in [-0.05, 0) is 36.8 Å². The normalized spacial score (nSPS) is 10.2. The van der Waals surface area contributed by atoms with Crippen LogP contribution in [-0.2, 0) is 4.79 Å². The Morgan fingerprint density at radius 1 is 0.958 bits per heavy atom. The van der Waals surface area contributed by atoms with Crippen LogP contribution in [0.5, 0.6) is 5.75 Å². The lowest BCUT2D eigenvalue weighted by Crippen LogP contribution is -2.20. The van der Waals surface area contributed by atoms with Crippen LogP contribution < -0.4 is 10.1 Å². The van der Waals surface area contributed by atoms with Crippen molar-refractivity contribution in [2.45, 2.75) is 6.92 Å². The molecule has 24 heavy (non-hydrogen) atoms. The third-order valence-corrected chi connectivity index (χ3v) is 3.53. The number of nitrogens with zero attached hydrogens (tertiary/aromatic N) is 1. The molecule has 0 fully saturated rings. The average Bonchev–Trinajstić information content (AvgIpc) is 2.63. The number of anilines is 1. The van der Waals surface area contributed by atoms with Gasteiger partial charge in [-0.2, -0.15) is 0 Å². The fraction of sp³-hybridized carbons (Fsp3) is 0.100. The molecule has 1 N–H and O–H groups in total. The van der Waals surface area contributed by atoms with E-state index < -0.39 is 0 Å². The van der Waals surface area contributed by atoms with Gasteiger partial charge in [-0.15, -0.1) is 0 Å². The first kappa shape index (κ1) is 15.7. The van der Waals surface area contributed by atoms with Crippen molar-refractivity contribution in [2.24, 2.45) is 0 Å². The maximum Gasteiger partial charge on any atom is 0.263 e. The van der Waals surface area contributed by atoms with Gasteiger partial charge in [0.05, 0.1) is 0 Å². The highest BCUT2D eigenvalue weighted by atomic mass is 16.5. The van der Waals surface area contributed by atoms with E-state index in [2.05, 4.69) is 10.3 Å². The Bertz CT molecular complexity index is 797. The Hall–Kier alpha value is -3.14. The van der Waals surface area contributed by atoms with Crippen molar-refractivity contribution in [1.29, 1.82) is 0 Å². The maximum absolute atomic E-state index is 11.9. The largest absolute Gasteiger partial charge is 0.484 e. The number of carbonyl (C=O) groups is 1. The molecule has 120 valence electrons. The van der Waals surface area contributed by atoms with Gasteiger partial charge in [0.2, 0.25) is 0 Å². The van der Waals surface area contributed by atoms with E-state index in [1.807, 2.05) is 67.6 Å². The van der Waals surface area contributed by atoms with Crippen LogP contribution in [0.15, 0.2) is 72.9 Å². The number of rotatable bonds is 5. The molecule has 0 radical (unpaired) electrons. The van der Waals surface area contributed by atoms with E-state index in [-0.39, 0.29) is 12.5 Å². The summed E-state index contributed by atoms with van der Waals surface area (Å²) in [5.41, 5.74) is 3.24. The van der Waals surface area contributed by atoms with Gasteiger partial charge in [0.1, 0.15) is 11.6 Å². The predicted octanol–water partition coefficient (Wildman–Crippen LogP) is 4.07. The van der Waals surface area contributed by atoms with E-state index in [0.29, 0.717) is 11.6 Å². The third kappa shape index (κ3) is 4.20. The molecule has 3 aromatic rings. The summed E-state index contributed by atoms with van der Waals surface area (Å²) in [5.74, 6) is 0.936. The Balaban J connectivity index is 1.55. The number of carbonyl (C=O) groups excluding carboxylic acids is 1. The fourth-order valence-electron chi connectivity index (χ4n) is 2.23. The van der Waals surface area contributed by atoms with Crippen LogP contribution in [-0.4, -0.2) is 17.5 Å². The van der Waals surface area contributed by atoms with Gasteiger partial charge in [-0.1, -0.05) is 48.0 Å². The molecule has 4 heteroatoms. The zero-order valence-electron chi connectivity index (χ0n) is 13.4. The van der Waals surface area contributed by atoms with Crippen LogP contribution in [0.4, 0.5) is 5.82 Å². The molecule has 0 spiro atoms. The number of pyridine rings is 1. The molecule has 4 nitrogen and oxygen atoms in total.